The normalized spacial score (nSPS) is 25.8. The fourth-order valence-electron chi connectivity index (χ4n) is 3.23. The van der Waals surface area contributed by atoms with E-state index in [1.807, 2.05) is 18.2 Å². The summed E-state index contributed by atoms with van der Waals surface area (Å²) in [4.78, 5) is 24.0. The highest BCUT2D eigenvalue weighted by atomic mass is 35.5. The smallest absolute Gasteiger partial charge is 0.325 e. The molecule has 1 spiro atoms. The van der Waals surface area contributed by atoms with E-state index < -0.39 is 10.8 Å². The van der Waals surface area contributed by atoms with Crippen LogP contribution in [0, 0.1) is 5.41 Å². The summed E-state index contributed by atoms with van der Waals surface area (Å²) in [5, 5.41) is 9.18. The summed E-state index contributed by atoms with van der Waals surface area (Å²) in [7, 11) is 0. The molecule has 0 bridgehead atoms. The van der Waals surface area contributed by atoms with Crippen molar-refractivity contribution in [3.63, 3.8) is 0 Å². The number of likely N-dealkylation sites (tertiary alicyclic amines) is 1. The Bertz CT molecular complexity index is 583. The third-order valence-corrected chi connectivity index (χ3v) is 5.51. The summed E-state index contributed by atoms with van der Waals surface area (Å²) < 4.78 is 5.46. The van der Waals surface area contributed by atoms with Crippen LogP contribution in [0.2, 0.25) is 0 Å². The number of alkyl halides is 1. The highest BCUT2D eigenvalue weighted by Gasteiger charge is 2.71. The highest BCUT2D eigenvalue weighted by Crippen LogP contribution is 2.66. The number of para-hydroxylation sites is 1. The third-order valence-electron chi connectivity index (χ3n) is 4.82. The molecule has 22 heavy (non-hydrogen) atoms. The van der Waals surface area contributed by atoms with Gasteiger partial charge < -0.3 is 14.7 Å². The van der Waals surface area contributed by atoms with Gasteiger partial charge in [0, 0.05) is 18.5 Å². The van der Waals surface area contributed by atoms with Gasteiger partial charge in [0.1, 0.15) is 10.6 Å². The van der Waals surface area contributed by atoms with Crippen LogP contribution in [0.3, 0.4) is 0 Å². The number of benzene rings is 1. The molecule has 1 amide bonds. The Labute approximate surface area is 133 Å². The van der Waals surface area contributed by atoms with Crippen molar-refractivity contribution in [2.75, 3.05) is 19.7 Å². The number of halogens is 1. The first-order valence-corrected chi connectivity index (χ1v) is 7.73. The standard InChI is InChI=1S/C16H18ClNO4/c17-16(14(20)21)11-15(16)6-8-18(9-7-15)13(19)10-22-12-4-2-1-3-5-12/h1-5H,6-11H2,(H,20,21). The molecule has 1 saturated carbocycles. The molecule has 5 nitrogen and oxygen atoms in total. The molecule has 118 valence electrons. The quantitative estimate of drug-likeness (QED) is 0.862. The van der Waals surface area contributed by atoms with Crippen molar-refractivity contribution in [3.05, 3.63) is 30.3 Å². The SMILES string of the molecule is O=C(COc1ccccc1)N1CCC2(CC1)CC2(Cl)C(=O)O. The van der Waals surface area contributed by atoms with E-state index in [-0.39, 0.29) is 17.9 Å². The summed E-state index contributed by atoms with van der Waals surface area (Å²) in [6, 6.07) is 9.19. The second-order valence-corrected chi connectivity index (χ2v) is 6.69. The number of carbonyl (C=O) groups excluding carboxylic acids is 1. The van der Waals surface area contributed by atoms with Crippen LogP contribution >= 0.6 is 11.6 Å². The van der Waals surface area contributed by atoms with E-state index in [1.165, 1.54) is 0 Å². The molecule has 1 aromatic rings. The molecule has 1 atom stereocenters. The molecule has 1 saturated heterocycles. The molecule has 1 unspecified atom stereocenters. The van der Waals surface area contributed by atoms with Crippen LogP contribution in [0.5, 0.6) is 5.75 Å². The average molecular weight is 324 g/mol. The average Bonchev–Trinajstić information content (AvgIpc) is 3.12. The molecule has 2 aliphatic rings. The first kappa shape index (κ1) is 15.2. The van der Waals surface area contributed by atoms with Crippen molar-refractivity contribution >= 4 is 23.5 Å². The van der Waals surface area contributed by atoms with Crippen molar-refractivity contribution in [2.24, 2.45) is 5.41 Å². The van der Waals surface area contributed by atoms with Crippen LogP contribution in [0.25, 0.3) is 0 Å². The Balaban J connectivity index is 1.50. The number of piperidine rings is 1. The van der Waals surface area contributed by atoms with Crippen LogP contribution in [0.15, 0.2) is 30.3 Å². The first-order valence-electron chi connectivity index (χ1n) is 7.35. The number of carboxylic acids is 1. The van der Waals surface area contributed by atoms with Crippen LogP contribution in [0.4, 0.5) is 0 Å². The van der Waals surface area contributed by atoms with Gasteiger partial charge in [-0.1, -0.05) is 18.2 Å². The summed E-state index contributed by atoms with van der Waals surface area (Å²) in [6.45, 7) is 1.08. The van der Waals surface area contributed by atoms with E-state index >= 15 is 0 Å². The predicted octanol–water partition coefficient (Wildman–Crippen LogP) is 2.14. The number of hydrogen-bond acceptors (Lipinski definition) is 3. The van der Waals surface area contributed by atoms with Gasteiger partial charge in [-0.3, -0.25) is 9.59 Å². The van der Waals surface area contributed by atoms with E-state index in [4.69, 9.17) is 16.3 Å². The number of nitrogens with zero attached hydrogens (tertiary/aromatic N) is 1. The minimum absolute atomic E-state index is 0.00195. The Kier molecular flexibility index (Phi) is 3.77. The lowest BCUT2D eigenvalue weighted by Crippen LogP contribution is -2.43. The third kappa shape index (κ3) is 2.54. The molecule has 3 rings (SSSR count). The van der Waals surface area contributed by atoms with Crippen molar-refractivity contribution in [1.29, 1.82) is 0 Å². The van der Waals surface area contributed by atoms with E-state index in [1.54, 1.807) is 17.0 Å². The minimum Gasteiger partial charge on any atom is -0.484 e. The Hall–Kier alpha value is -1.75. The van der Waals surface area contributed by atoms with E-state index in [2.05, 4.69) is 0 Å². The first-order chi connectivity index (χ1) is 10.5. The molecule has 1 aromatic carbocycles. The molecule has 2 fully saturated rings. The van der Waals surface area contributed by atoms with Crippen molar-refractivity contribution in [1.82, 2.24) is 4.90 Å². The second-order valence-electron chi connectivity index (χ2n) is 6.05. The largest absolute Gasteiger partial charge is 0.484 e. The van der Waals surface area contributed by atoms with Crippen molar-refractivity contribution in [3.8, 4) is 5.75 Å². The lowest BCUT2D eigenvalue weighted by molar-refractivity contribution is -0.138. The molecule has 1 N–H and O–H groups in total. The summed E-state index contributed by atoms with van der Waals surface area (Å²) in [5.74, 6) is -0.353. The summed E-state index contributed by atoms with van der Waals surface area (Å²) in [5.41, 5.74) is -0.336. The van der Waals surface area contributed by atoms with Gasteiger partial charge in [-0.25, -0.2) is 0 Å². The summed E-state index contributed by atoms with van der Waals surface area (Å²) in [6.07, 6.45) is 1.78. The number of ether oxygens (including phenoxy) is 1. The van der Waals surface area contributed by atoms with Gasteiger partial charge in [-0.05, 0) is 31.4 Å². The fraction of sp³-hybridized carbons (Fsp3) is 0.500. The van der Waals surface area contributed by atoms with Gasteiger partial charge in [-0.15, -0.1) is 11.6 Å². The van der Waals surface area contributed by atoms with Gasteiger partial charge in [0.2, 0.25) is 0 Å². The molecule has 1 aliphatic heterocycles. The number of amides is 1. The molecule has 1 aliphatic carbocycles. The van der Waals surface area contributed by atoms with Gasteiger partial charge >= 0.3 is 5.97 Å². The molecule has 0 aromatic heterocycles. The zero-order chi connectivity index (χ0) is 15.8. The number of hydrogen-bond donors (Lipinski definition) is 1. The lowest BCUT2D eigenvalue weighted by Gasteiger charge is -2.33. The molecular weight excluding hydrogens is 306 g/mol. The molecule has 1 heterocycles. The van der Waals surface area contributed by atoms with Gasteiger partial charge in [0.05, 0.1) is 0 Å². The lowest BCUT2D eigenvalue weighted by atomic mass is 9.90. The zero-order valence-electron chi connectivity index (χ0n) is 12.1. The molecular formula is C16H18ClNO4. The number of carbonyl (C=O) groups is 2. The maximum atomic E-state index is 12.1. The highest BCUT2D eigenvalue weighted by molar-refractivity contribution is 6.37. The van der Waals surface area contributed by atoms with Crippen LogP contribution in [-0.4, -0.2) is 46.5 Å². The maximum Gasteiger partial charge on any atom is 0.325 e. The fourth-order valence-corrected chi connectivity index (χ4v) is 3.68. The van der Waals surface area contributed by atoms with Gasteiger partial charge in [0.25, 0.3) is 5.91 Å². The van der Waals surface area contributed by atoms with E-state index in [0.717, 1.165) is 0 Å². The Morgan fingerprint density at radius 2 is 1.86 bits per heavy atom. The van der Waals surface area contributed by atoms with Crippen molar-refractivity contribution in [2.45, 2.75) is 24.1 Å². The van der Waals surface area contributed by atoms with Crippen molar-refractivity contribution < 1.29 is 19.4 Å². The van der Waals surface area contributed by atoms with Gasteiger partial charge in [0.15, 0.2) is 6.61 Å². The second kappa shape index (κ2) is 5.47. The van der Waals surface area contributed by atoms with Crippen LogP contribution < -0.4 is 4.74 Å². The Morgan fingerprint density at radius 1 is 1.23 bits per heavy atom. The van der Waals surface area contributed by atoms with Crippen LogP contribution in [0.1, 0.15) is 19.3 Å². The molecule has 6 heteroatoms. The van der Waals surface area contributed by atoms with E-state index in [0.29, 0.717) is 38.1 Å². The molecule has 0 radical (unpaired) electrons. The zero-order valence-corrected chi connectivity index (χ0v) is 12.9. The maximum absolute atomic E-state index is 12.1. The Morgan fingerprint density at radius 3 is 2.41 bits per heavy atom. The number of rotatable bonds is 4. The van der Waals surface area contributed by atoms with Gasteiger partial charge in [-0.2, -0.15) is 0 Å². The number of aliphatic carboxylic acids is 1. The minimum atomic E-state index is -1.12. The topological polar surface area (TPSA) is 66.8 Å². The van der Waals surface area contributed by atoms with E-state index in [9.17, 15) is 14.7 Å². The summed E-state index contributed by atoms with van der Waals surface area (Å²) >= 11 is 6.16. The van der Waals surface area contributed by atoms with Crippen LogP contribution in [-0.2, 0) is 9.59 Å². The monoisotopic (exact) mass is 323 g/mol. The number of carboxylic acid groups (broad SMARTS) is 1. The predicted molar refractivity (Wildman–Crippen MR) is 81.0 cm³/mol.